The molecule has 0 fully saturated rings. The van der Waals surface area contributed by atoms with Crippen molar-refractivity contribution in [2.75, 3.05) is 0 Å². The fraction of sp³-hybridized carbons (Fsp3) is 0.0952. The van der Waals surface area contributed by atoms with E-state index >= 15 is 0 Å². The number of thiazole rings is 1. The summed E-state index contributed by atoms with van der Waals surface area (Å²) in [6.07, 6.45) is 3.60. The van der Waals surface area contributed by atoms with E-state index in [1.165, 1.54) is 22.8 Å². The third kappa shape index (κ3) is 3.31. The lowest BCUT2D eigenvalue weighted by Gasteiger charge is -2.13. The van der Waals surface area contributed by atoms with Gasteiger partial charge < -0.3 is 0 Å². The SMILES string of the molecule is Cc1nc(C=Cc2nc3ccc(F)cc3c(=O)n2-c2ccccc2C)cs1. The monoisotopic (exact) mass is 377 g/mol. The molecule has 4 aromatic rings. The maximum atomic E-state index is 13.7. The van der Waals surface area contributed by atoms with E-state index in [1.54, 1.807) is 17.4 Å². The molecule has 0 N–H and O–H groups in total. The van der Waals surface area contributed by atoms with Crippen molar-refractivity contribution in [3.63, 3.8) is 0 Å². The summed E-state index contributed by atoms with van der Waals surface area (Å²) in [5.41, 5.74) is 2.61. The summed E-state index contributed by atoms with van der Waals surface area (Å²) in [4.78, 5) is 22.2. The second-order valence-corrected chi connectivity index (χ2v) is 7.25. The Morgan fingerprint density at radius 3 is 2.63 bits per heavy atom. The van der Waals surface area contributed by atoms with Crippen molar-refractivity contribution in [3.8, 4) is 5.69 Å². The Labute approximate surface area is 159 Å². The van der Waals surface area contributed by atoms with Crippen LogP contribution in [0.3, 0.4) is 0 Å². The number of aryl methyl sites for hydroxylation is 2. The van der Waals surface area contributed by atoms with Gasteiger partial charge in [-0.25, -0.2) is 14.4 Å². The summed E-state index contributed by atoms with van der Waals surface area (Å²) in [5, 5.41) is 3.16. The summed E-state index contributed by atoms with van der Waals surface area (Å²) in [7, 11) is 0. The zero-order valence-corrected chi connectivity index (χ0v) is 15.6. The van der Waals surface area contributed by atoms with Crippen LogP contribution in [0.15, 0.2) is 52.6 Å². The van der Waals surface area contributed by atoms with Crippen molar-refractivity contribution in [2.24, 2.45) is 0 Å². The Bertz CT molecular complexity index is 1240. The molecule has 2 heterocycles. The molecule has 6 heteroatoms. The van der Waals surface area contributed by atoms with Gasteiger partial charge in [-0.2, -0.15) is 0 Å². The lowest BCUT2D eigenvalue weighted by molar-refractivity contribution is 0.629. The average molecular weight is 377 g/mol. The Hall–Kier alpha value is -3.12. The molecule has 134 valence electrons. The Morgan fingerprint density at radius 1 is 1.07 bits per heavy atom. The van der Waals surface area contributed by atoms with Gasteiger partial charge in [-0.05, 0) is 55.8 Å². The van der Waals surface area contributed by atoms with Gasteiger partial charge in [0.15, 0.2) is 0 Å². The maximum absolute atomic E-state index is 13.7. The van der Waals surface area contributed by atoms with Gasteiger partial charge in [0, 0.05) is 5.38 Å². The second-order valence-electron chi connectivity index (χ2n) is 6.18. The highest BCUT2D eigenvalue weighted by molar-refractivity contribution is 7.09. The highest BCUT2D eigenvalue weighted by atomic mass is 32.1. The second kappa shape index (κ2) is 6.89. The summed E-state index contributed by atoms with van der Waals surface area (Å²) in [5.74, 6) is 0.0121. The molecule has 0 aliphatic heterocycles. The summed E-state index contributed by atoms with van der Waals surface area (Å²) < 4.78 is 15.2. The molecule has 0 spiro atoms. The Morgan fingerprint density at radius 2 is 1.89 bits per heavy atom. The summed E-state index contributed by atoms with van der Waals surface area (Å²) in [6, 6.07) is 11.6. The number of nitrogens with zero attached hydrogens (tertiary/aromatic N) is 3. The fourth-order valence-electron chi connectivity index (χ4n) is 2.95. The van der Waals surface area contributed by atoms with E-state index in [9.17, 15) is 9.18 Å². The largest absolute Gasteiger partial charge is 0.268 e. The van der Waals surface area contributed by atoms with Crippen molar-refractivity contribution in [1.82, 2.24) is 14.5 Å². The zero-order chi connectivity index (χ0) is 19.0. The van der Waals surface area contributed by atoms with E-state index in [-0.39, 0.29) is 10.9 Å². The van der Waals surface area contributed by atoms with E-state index in [4.69, 9.17) is 0 Å². The topological polar surface area (TPSA) is 47.8 Å². The fourth-order valence-corrected chi connectivity index (χ4v) is 3.53. The molecular weight excluding hydrogens is 361 g/mol. The van der Waals surface area contributed by atoms with Gasteiger partial charge in [-0.15, -0.1) is 11.3 Å². The molecule has 2 aromatic heterocycles. The first-order chi connectivity index (χ1) is 13.0. The van der Waals surface area contributed by atoms with Crippen LogP contribution in [0, 0.1) is 19.7 Å². The molecule has 4 rings (SSSR count). The maximum Gasteiger partial charge on any atom is 0.266 e. The van der Waals surface area contributed by atoms with Crippen molar-refractivity contribution < 1.29 is 4.39 Å². The number of rotatable bonds is 3. The highest BCUT2D eigenvalue weighted by Gasteiger charge is 2.13. The molecule has 2 aromatic carbocycles. The number of benzene rings is 2. The zero-order valence-electron chi connectivity index (χ0n) is 14.8. The molecule has 4 nitrogen and oxygen atoms in total. The molecule has 0 amide bonds. The lowest BCUT2D eigenvalue weighted by Crippen LogP contribution is -2.23. The van der Waals surface area contributed by atoms with E-state index < -0.39 is 5.82 Å². The van der Waals surface area contributed by atoms with Gasteiger partial charge in [-0.3, -0.25) is 9.36 Å². The van der Waals surface area contributed by atoms with Crippen LogP contribution in [0.4, 0.5) is 4.39 Å². The number of halogens is 1. The van der Waals surface area contributed by atoms with Crippen LogP contribution in [0.1, 0.15) is 22.1 Å². The molecule has 0 bridgehead atoms. The van der Waals surface area contributed by atoms with Crippen LogP contribution >= 0.6 is 11.3 Å². The smallest absolute Gasteiger partial charge is 0.266 e. The van der Waals surface area contributed by atoms with Gasteiger partial charge in [0.05, 0.1) is 27.3 Å². The first-order valence-electron chi connectivity index (χ1n) is 8.41. The lowest BCUT2D eigenvalue weighted by atomic mass is 10.1. The van der Waals surface area contributed by atoms with Gasteiger partial charge in [0.25, 0.3) is 5.56 Å². The van der Waals surface area contributed by atoms with E-state index in [1.807, 2.05) is 49.6 Å². The molecule has 0 radical (unpaired) electrons. The van der Waals surface area contributed by atoms with Gasteiger partial charge in [-0.1, -0.05) is 18.2 Å². The number of hydrogen-bond acceptors (Lipinski definition) is 4. The molecular formula is C21H16FN3OS. The normalized spacial score (nSPS) is 11.5. The van der Waals surface area contributed by atoms with Crippen molar-refractivity contribution >= 4 is 34.4 Å². The molecule has 0 atom stereocenters. The van der Waals surface area contributed by atoms with Crippen LogP contribution in [-0.4, -0.2) is 14.5 Å². The van der Waals surface area contributed by atoms with Gasteiger partial charge >= 0.3 is 0 Å². The van der Waals surface area contributed by atoms with Crippen LogP contribution < -0.4 is 5.56 Å². The van der Waals surface area contributed by atoms with Gasteiger partial charge in [0.1, 0.15) is 11.6 Å². The summed E-state index contributed by atoms with van der Waals surface area (Å²) in [6.45, 7) is 3.86. The molecule has 0 saturated heterocycles. The van der Waals surface area contributed by atoms with Crippen molar-refractivity contribution in [1.29, 1.82) is 0 Å². The molecule has 0 unspecified atom stereocenters. The predicted molar refractivity (Wildman–Crippen MR) is 108 cm³/mol. The van der Waals surface area contributed by atoms with Crippen molar-refractivity contribution in [2.45, 2.75) is 13.8 Å². The van der Waals surface area contributed by atoms with E-state index in [2.05, 4.69) is 9.97 Å². The first-order valence-corrected chi connectivity index (χ1v) is 9.29. The van der Waals surface area contributed by atoms with Crippen LogP contribution in [0.5, 0.6) is 0 Å². The molecule has 0 saturated carbocycles. The number of hydrogen-bond donors (Lipinski definition) is 0. The quantitative estimate of drug-likeness (QED) is 0.517. The molecule has 0 aliphatic carbocycles. The average Bonchev–Trinajstić information content (AvgIpc) is 3.07. The van der Waals surface area contributed by atoms with E-state index in [0.717, 1.165) is 22.0 Å². The van der Waals surface area contributed by atoms with Gasteiger partial charge in [0.2, 0.25) is 0 Å². The third-order valence-electron chi connectivity index (χ3n) is 4.25. The van der Waals surface area contributed by atoms with E-state index in [0.29, 0.717) is 11.3 Å². The predicted octanol–water partition coefficient (Wildman–Crippen LogP) is 4.77. The standard InChI is InChI=1S/C21H16FN3OS/c1-13-5-3-4-6-19(13)25-20(10-8-16-12-27-14(2)23-16)24-18-9-7-15(22)11-17(18)21(25)26/h3-12H,1-2H3. The number of aromatic nitrogens is 3. The number of fused-ring (bicyclic) bond motifs is 1. The minimum Gasteiger partial charge on any atom is -0.268 e. The first kappa shape index (κ1) is 17.3. The number of para-hydroxylation sites is 1. The molecule has 0 aliphatic rings. The summed E-state index contributed by atoms with van der Waals surface area (Å²) >= 11 is 1.56. The molecule has 27 heavy (non-hydrogen) atoms. The minimum atomic E-state index is -0.459. The van der Waals surface area contributed by atoms with Crippen LogP contribution in [-0.2, 0) is 0 Å². The third-order valence-corrected chi connectivity index (χ3v) is 5.04. The van der Waals surface area contributed by atoms with Crippen LogP contribution in [0.25, 0.3) is 28.7 Å². The Balaban J connectivity index is 2.00. The minimum absolute atomic E-state index is 0.250. The van der Waals surface area contributed by atoms with Crippen molar-refractivity contribution in [3.05, 3.63) is 86.1 Å². The highest BCUT2D eigenvalue weighted by Crippen LogP contribution is 2.19. The Kier molecular flexibility index (Phi) is 4.41. The van der Waals surface area contributed by atoms with Crippen LogP contribution in [0.2, 0.25) is 0 Å².